The first-order valence-electron chi connectivity index (χ1n) is 31.1. The molecule has 0 fully saturated rings. The molecular formula is C84H102O8S. The van der Waals surface area contributed by atoms with E-state index in [1.165, 1.54) is 65.4 Å². The van der Waals surface area contributed by atoms with Crippen LogP contribution >= 0.6 is 11.8 Å². The molecule has 0 bridgehead atoms. The minimum Gasteiger partial charge on any atom is -0.497 e. The minimum absolute atomic E-state index is 0.0431. The molecule has 0 saturated heterocycles. The van der Waals surface area contributed by atoms with Crippen molar-refractivity contribution in [2.24, 2.45) is 0 Å². The smallest absolute Gasteiger partial charge is 0.118 e. The fraction of sp³-hybridized carbons (Fsp3) is 0.286. The molecule has 0 spiro atoms. The Hall–Kier alpha value is -8.73. The van der Waals surface area contributed by atoms with Crippen molar-refractivity contribution in [2.45, 2.75) is 101 Å². The number of ether oxygens (including phenoxy) is 8. The molecule has 0 aromatic heterocycles. The number of rotatable bonds is 11. The topological polar surface area (TPSA) is 73.8 Å². The van der Waals surface area contributed by atoms with Gasteiger partial charge in [0.05, 0.1) is 42.7 Å². The summed E-state index contributed by atoms with van der Waals surface area (Å²) >= 11 is 1.71. The summed E-state index contributed by atoms with van der Waals surface area (Å²) in [6.45, 7) is 22.5. The highest BCUT2D eigenvalue weighted by molar-refractivity contribution is 7.99. The maximum absolute atomic E-state index is 5.20. The van der Waals surface area contributed by atoms with Crippen LogP contribution in [0.2, 0.25) is 0 Å². The third kappa shape index (κ3) is 24.7. The van der Waals surface area contributed by atoms with Crippen molar-refractivity contribution in [3.63, 3.8) is 0 Å². The van der Waals surface area contributed by atoms with Gasteiger partial charge in [-0.2, -0.15) is 0 Å². The molecule has 492 valence electrons. The van der Waals surface area contributed by atoms with Crippen molar-refractivity contribution >= 4 is 11.8 Å². The first-order chi connectivity index (χ1) is 44.5. The number of benzene rings is 10. The standard InChI is InChI=1S/C17H20O2.C15H14.C14H14O2S.C14H14O2.C14H22.C6H6.2C2H6O/c1-17(2,13-5-9-15(18-3)10-6-13)14-7-11-16(19-4)12-8-14;1-15(2)13-9-5-3-7-11(13)12-8-4-6-10-14(12)15;1-15-11-3-7-13(8-4-11)17-14-9-5-12(16-2)6-10-14;1-15-13-7-3-11(4-8-13)12-5-9-14(16-2)10-6-12;1-13(2,3)11-7-9-12(10-8-11)14(4,5)6;1-2-4-6-5-3-1;2*1-3-2/h5-12H,1-4H3;3-10H,1-2H3;3-10H,1-2H3;3-10H,1-2H3;7-10H,1-6H3;1-6H;2*1-2H3. The van der Waals surface area contributed by atoms with Gasteiger partial charge in [-0.25, -0.2) is 0 Å². The fourth-order valence-electron chi connectivity index (χ4n) is 9.70. The zero-order valence-corrected chi connectivity index (χ0v) is 59.7. The second-order valence-electron chi connectivity index (χ2n) is 24.8. The molecular weight excluding hydrogens is 1170 g/mol. The molecule has 9 heteroatoms. The van der Waals surface area contributed by atoms with Gasteiger partial charge in [0.25, 0.3) is 0 Å². The van der Waals surface area contributed by atoms with Gasteiger partial charge in [-0.15, -0.1) is 0 Å². The summed E-state index contributed by atoms with van der Waals surface area (Å²) in [5.41, 5.74) is 14.0. The maximum Gasteiger partial charge on any atom is 0.118 e. The highest BCUT2D eigenvalue weighted by Crippen LogP contribution is 2.48. The van der Waals surface area contributed by atoms with Gasteiger partial charge in [0.15, 0.2) is 0 Å². The van der Waals surface area contributed by atoms with Crippen LogP contribution in [0.4, 0.5) is 0 Å². The number of hydrogen-bond acceptors (Lipinski definition) is 9. The van der Waals surface area contributed by atoms with Crippen molar-refractivity contribution < 1.29 is 37.9 Å². The van der Waals surface area contributed by atoms with E-state index in [9.17, 15) is 0 Å². The molecule has 1 aliphatic rings. The van der Waals surface area contributed by atoms with E-state index in [0.717, 1.165) is 34.5 Å². The first kappa shape index (κ1) is 76.7. The molecule has 10 aromatic carbocycles. The third-order valence-corrected chi connectivity index (χ3v) is 16.3. The van der Waals surface area contributed by atoms with E-state index < -0.39 is 0 Å². The molecule has 0 aliphatic heterocycles. The maximum atomic E-state index is 5.20. The molecule has 0 unspecified atom stereocenters. The van der Waals surface area contributed by atoms with E-state index in [4.69, 9.17) is 28.4 Å². The van der Waals surface area contributed by atoms with Crippen LogP contribution < -0.4 is 28.4 Å². The Bertz CT molecular complexity index is 3360. The van der Waals surface area contributed by atoms with Crippen molar-refractivity contribution in [3.8, 4) is 56.8 Å². The van der Waals surface area contributed by atoms with Gasteiger partial charge in [-0.05, 0) is 164 Å². The number of methoxy groups -OCH3 is 8. The average molecular weight is 1270 g/mol. The second kappa shape index (κ2) is 39.0. The minimum atomic E-state index is -0.0431. The van der Waals surface area contributed by atoms with Crippen LogP contribution in [0.15, 0.2) is 265 Å². The van der Waals surface area contributed by atoms with Crippen LogP contribution in [0, 0.1) is 0 Å². The van der Waals surface area contributed by atoms with Crippen LogP contribution in [0.25, 0.3) is 22.3 Å². The molecule has 0 saturated carbocycles. The third-order valence-electron chi connectivity index (χ3n) is 15.3. The van der Waals surface area contributed by atoms with Crippen molar-refractivity contribution in [1.82, 2.24) is 0 Å². The highest BCUT2D eigenvalue weighted by atomic mass is 32.2. The molecule has 0 heterocycles. The summed E-state index contributed by atoms with van der Waals surface area (Å²) in [6, 6.07) is 87.0. The normalized spacial score (nSPS) is 11.2. The average Bonchev–Trinajstić information content (AvgIpc) is 1.60. The lowest BCUT2D eigenvalue weighted by molar-refractivity contribution is 0.277. The van der Waals surface area contributed by atoms with Crippen LogP contribution in [-0.4, -0.2) is 71.1 Å². The predicted octanol–water partition coefficient (Wildman–Crippen LogP) is 21.7. The molecule has 0 amide bonds. The zero-order chi connectivity index (χ0) is 68.5. The molecule has 0 radical (unpaired) electrons. The molecule has 0 N–H and O–H groups in total. The second-order valence-corrected chi connectivity index (χ2v) is 25.9. The quantitative estimate of drug-likeness (QED) is 0.126. The van der Waals surface area contributed by atoms with E-state index in [1.807, 2.05) is 158 Å². The van der Waals surface area contributed by atoms with E-state index in [0.29, 0.717) is 0 Å². The number of hydrogen-bond donors (Lipinski definition) is 0. The predicted molar refractivity (Wildman–Crippen MR) is 393 cm³/mol. The first-order valence-corrected chi connectivity index (χ1v) is 31.9. The summed E-state index contributed by atoms with van der Waals surface area (Å²) in [4.78, 5) is 2.38. The Morgan fingerprint density at radius 3 is 0.710 bits per heavy atom. The Morgan fingerprint density at radius 1 is 0.258 bits per heavy atom. The Morgan fingerprint density at radius 2 is 0.473 bits per heavy atom. The summed E-state index contributed by atoms with van der Waals surface area (Å²) < 4.78 is 39.4. The largest absolute Gasteiger partial charge is 0.497 e. The molecule has 10 aromatic rings. The van der Waals surface area contributed by atoms with Crippen molar-refractivity contribution in [1.29, 1.82) is 0 Å². The monoisotopic (exact) mass is 1270 g/mol. The number of fused-ring (bicyclic) bond motifs is 3. The van der Waals surface area contributed by atoms with Crippen LogP contribution in [-0.2, 0) is 31.1 Å². The van der Waals surface area contributed by atoms with Gasteiger partial charge < -0.3 is 37.9 Å². The van der Waals surface area contributed by atoms with E-state index in [-0.39, 0.29) is 21.7 Å². The molecule has 0 atom stereocenters. The summed E-state index contributed by atoms with van der Waals surface area (Å²) in [7, 11) is 16.6. The lowest BCUT2D eigenvalue weighted by Crippen LogP contribution is -2.18. The molecule has 93 heavy (non-hydrogen) atoms. The summed E-state index contributed by atoms with van der Waals surface area (Å²) in [5.74, 6) is 5.27. The zero-order valence-electron chi connectivity index (χ0n) is 58.9. The molecule has 8 nitrogen and oxygen atoms in total. The lowest BCUT2D eigenvalue weighted by Gasteiger charge is -2.26. The van der Waals surface area contributed by atoms with Gasteiger partial charge in [-0.3, -0.25) is 0 Å². The van der Waals surface area contributed by atoms with Crippen molar-refractivity contribution in [3.05, 3.63) is 288 Å². The highest BCUT2D eigenvalue weighted by Gasteiger charge is 2.34. The summed E-state index contributed by atoms with van der Waals surface area (Å²) in [6.07, 6.45) is 0. The van der Waals surface area contributed by atoms with Gasteiger partial charge >= 0.3 is 0 Å². The van der Waals surface area contributed by atoms with Gasteiger partial charge in [0.2, 0.25) is 0 Å². The van der Waals surface area contributed by atoms with E-state index in [2.05, 4.69) is 176 Å². The van der Waals surface area contributed by atoms with Crippen LogP contribution in [0.3, 0.4) is 0 Å². The van der Waals surface area contributed by atoms with Crippen LogP contribution in [0.1, 0.15) is 103 Å². The Kier molecular flexibility index (Phi) is 32.1. The molecule has 1 aliphatic carbocycles. The fourth-order valence-corrected chi connectivity index (χ4v) is 10.5. The van der Waals surface area contributed by atoms with Crippen molar-refractivity contribution in [2.75, 3.05) is 71.1 Å². The van der Waals surface area contributed by atoms with Crippen LogP contribution in [0.5, 0.6) is 34.5 Å². The van der Waals surface area contributed by atoms with Gasteiger partial charge in [0.1, 0.15) is 34.5 Å². The lowest BCUT2D eigenvalue weighted by atomic mass is 9.78. The Balaban J connectivity index is 0.000000237. The van der Waals surface area contributed by atoms with E-state index in [1.54, 1.807) is 82.9 Å². The van der Waals surface area contributed by atoms with E-state index >= 15 is 0 Å². The van der Waals surface area contributed by atoms with Gasteiger partial charge in [-0.1, -0.05) is 239 Å². The summed E-state index contributed by atoms with van der Waals surface area (Å²) in [5, 5.41) is 0. The SMILES string of the molecule is CC(C)(C)c1ccc(C(C)(C)C)cc1.CC1(C)c2ccccc2-c2ccccc21.COC.COC.COc1ccc(-c2ccc(OC)cc2)cc1.COc1ccc(C(C)(C)c2ccc(OC)cc2)cc1.COc1ccc(Sc2ccc(OC)cc2)cc1.c1ccccc1. The Labute approximate surface area is 563 Å². The molecule has 11 rings (SSSR count). The van der Waals surface area contributed by atoms with Gasteiger partial charge in [0, 0.05) is 49.1 Å².